The van der Waals surface area contributed by atoms with Crippen LogP contribution in [0.4, 0.5) is 4.79 Å². The van der Waals surface area contributed by atoms with E-state index in [9.17, 15) is 9.59 Å². The molecule has 106 valence electrons. The molecule has 0 fully saturated rings. The Hall–Kier alpha value is -1.26. The highest BCUT2D eigenvalue weighted by Crippen LogP contribution is 2.00. The third-order valence-corrected chi connectivity index (χ3v) is 2.72. The molecule has 3 N–H and O–H groups in total. The lowest BCUT2D eigenvalue weighted by molar-refractivity contribution is -0.137. The van der Waals surface area contributed by atoms with E-state index in [2.05, 4.69) is 17.6 Å². The molecular weight excluding hydrogens is 232 g/mol. The van der Waals surface area contributed by atoms with Crippen molar-refractivity contribution in [2.75, 3.05) is 6.54 Å². The summed E-state index contributed by atoms with van der Waals surface area (Å²) in [5.41, 5.74) is 0. The molecule has 2 amide bonds. The van der Waals surface area contributed by atoms with Crippen LogP contribution in [0.15, 0.2) is 0 Å². The third-order valence-electron chi connectivity index (χ3n) is 2.72. The topological polar surface area (TPSA) is 78.4 Å². The van der Waals surface area contributed by atoms with Gasteiger partial charge in [0.05, 0.1) is 0 Å². The number of carbonyl (C=O) groups is 2. The monoisotopic (exact) mass is 258 g/mol. The Morgan fingerprint density at radius 1 is 1.17 bits per heavy atom. The van der Waals surface area contributed by atoms with E-state index in [1.54, 1.807) is 0 Å². The van der Waals surface area contributed by atoms with Crippen molar-refractivity contribution >= 4 is 12.0 Å². The van der Waals surface area contributed by atoms with E-state index in [-0.39, 0.29) is 18.5 Å². The molecule has 0 saturated heterocycles. The summed E-state index contributed by atoms with van der Waals surface area (Å²) in [5.74, 6) is -0.759. The summed E-state index contributed by atoms with van der Waals surface area (Å²) in [7, 11) is 0. The Balaban J connectivity index is 3.39. The van der Waals surface area contributed by atoms with Crippen LogP contribution < -0.4 is 10.6 Å². The van der Waals surface area contributed by atoms with Gasteiger partial charge in [0.25, 0.3) is 0 Å². The zero-order valence-electron chi connectivity index (χ0n) is 11.5. The smallest absolute Gasteiger partial charge is 0.314 e. The minimum atomic E-state index is -0.759. The zero-order chi connectivity index (χ0) is 13.8. The first-order valence-corrected chi connectivity index (χ1v) is 6.82. The van der Waals surface area contributed by atoms with Gasteiger partial charge >= 0.3 is 12.0 Å². The lowest BCUT2D eigenvalue weighted by Crippen LogP contribution is -2.41. The third kappa shape index (κ3) is 11.2. The first-order chi connectivity index (χ1) is 8.56. The lowest BCUT2D eigenvalue weighted by atomic mass is 10.1. The van der Waals surface area contributed by atoms with Gasteiger partial charge in [-0.2, -0.15) is 0 Å². The van der Waals surface area contributed by atoms with Gasteiger partial charge in [-0.15, -0.1) is 0 Å². The van der Waals surface area contributed by atoms with Crippen LogP contribution in [0.2, 0.25) is 0 Å². The van der Waals surface area contributed by atoms with Gasteiger partial charge < -0.3 is 15.7 Å². The maximum Gasteiger partial charge on any atom is 0.314 e. The SMILES string of the molecule is CCCCC(C)NC(=O)NCCCCCC(=O)O. The summed E-state index contributed by atoms with van der Waals surface area (Å²) in [6, 6.07) is 0.0776. The molecule has 0 radical (unpaired) electrons. The quantitative estimate of drug-likeness (QED) is 0.527. The molecule has 0 spiro atoms. The van der Waals surface area contributed by atoms with Crippen molar-refractivity contribution in [3.8, 4) is 0 Å². The molecule has 0 saturated carbocycles. The van der Waals surface area contributed by atoms with E-state index in [1.807, 2.05) is 6.92 Å². The molecule has 18 heavy (non-hydrogen) atoms. The van der Waals surface area contributed by atoms with Crippen molar-refractivity contribution in [2.45, 2.75) is 64.8 Å². The van der Waals surface area contributed by atoms with Crippen molar-refractivity contribution < 1.29 is 14.7 Å². The number of aliphatic carboxylic acids is 1. The number of rotatable bonds is 10. The molecule has 0 aromatic heterocycles. The normalized spacial score (nSPS) is 11.9. The van der Waals surface area contributed by atoms with Gasteiger partial charge in [0, 0.05) is 19.0 Å². The average molecular weight is 258 g/mol. The van der Waals surface area contributed by atoms with Crippen molar-refractivity contribution in [3.63, 3.8) is 0 Å². The summed E-state index contributed by atoms with van der Waals surface area (Å²) in [5, 5.41) is 14.1. The summed E-state index contributed by atoms with van der Waals surface area (Å²) in [6.07, 6.45) is 5.80. The highest BCUT2D eigenvalue weighted by molar-refractivity contribution is 5.74. The summed E-state index contributed by atoms with van der Waals surface area (Å²) >= 11 is 0. The largest absolute Gasteiger partial charge is 0.481 e. The molecule has 1 unspecified atom stereocenters. The Bertz CT molecular complexity index is 244. The van der Waals surface area contributed by atoms with Crippen LogP contribution in [0.25, 0.3) is 0 Å². The van der Waals surface area contributed by atoms with Gasteiger partial charge in [-0.05, 0) is 26.2 Å². The molecule has 1 atom stereocenters. The Morgan fingerprint density at radius 3 is 2.50 bits per heavy atom. The summed E-state index contributed by atoms with van der Waals surface area (Å²) in [6.45, 7) is 4.73. The first-order valence-electron chi connectivity index (χ1n) is 6.82. The number of carboxylic acid groups (broad SMARTS) is 1. The molecule has 0 aromatic carbocycles. The van der Waals surface area contributed by atoms with Gasteiger partial charge in [0.2, 0.25) is 0 Å². The van der Waals surface area contributed by atoms with Crippen LogP contribution >= 0.6 is 0 Å². The highest BCUT2D eigenvalue weighted by atomic mass is 16.4. The predicted molar refractivity (Wildman–Crippen MR) is 71.6 cm³/mol. The minimum Gasteiger partial charge on any atom is -0.481 e. The van der Waals surface area contributed by atoms with Crippen LogP contribution in [0.1, 0.15) is 58.8 Å². The molecule has 5 heteroatoms. The number of amides is 2. The van der Waals surface area contributed by atoms with Crippen LogP contribution in [0, 0.1) is 0 Å². The maximum atomic E-state index is 11.4. The fourth-order valence-electron chi connectivity index (χ4n) is 1.64. The number of hydrogen-bond donors (Lipinski definition) is 3. The molecule has 0 aliphatic heterocycles. The molecule has 0 aromatic rings. The van der Waals surface area contributed by atoms with E-state index >= 15 is 0 Å². The second kappa shape index (κ2) is 10.9. The Kier molecular flexibility index (Phi) is 10.1. The number of carboxylic acids is 1. The van der Waals surface area contributed by atoms with Gasteiger partial charge in [-0.1, -0.05) is 26.2 Å². The standard InChI is InChI=1S/C13H26N2O3/c1-3-4-8-11(2)15-13(18)14-10-7-5-6-9-12(16)17/h11H,3-10H2,1-2H3,(H,16,17)(H2,14,15,18). The van der Waals surface area contributed by atoms with Gasteiger partial charge in [0.1, 0.15) is 0 Å². The van der Waals surface area contributed by atoms with Gasteiger partial charge in [-0.25, -0.2) is 4.79 Å². The first kappa shape index (κ1) is 16.7. The van der Waals surface area contributed by atoms with Gasteiger partial charge in [-0.3, -0.25) is 4.79 Å². The number of nitrogens with one attached hydrogen (secondary N) is 2. The van der Waals surface area contributed by atoms with Crippen LogP contribution in [0.3, 0.4) is 0 Å². The van der Waals surface area contributed by atoms with E-state index in [1.165, 1.54) is 0 Å². The van der Waals surface area contributed by atoms with Crippen LogP contribution in [0.5, 0.6) is 0 Å². The molecule has 0 aliphatic rings. The van der Waals surface area contributed by atoms with Crippen molar-refractivity contribution in [1.29, 1.82) is 0 Å². The molecule has 0 aliphatic carbocycles. The fraction of sp³-hybridized carbons (Fsp3) is 0.846. The second-order valence-electron chi connectivity index (χ2n) is 4.65. The van der Waals surface area contributed by atoms with Crippen LogP contribution in [-0.2, 0) is 4.79 Å². The van der Waals surface area contributed by atoms with Crippen LogP contribution in [-0.4, -0.2) is 29.7 Å². The van der Waals surface area contributed by atoms with Crippen molar-refractivity contribution in [1.82, 2.24) is 10.6 Å². The Morgan fingerprint density at radius 2 is 1.89 bits per heavy atom. The van der Waals surface area contributed by atoms with E-state index in [0.717, 1.165) is 32.1 Å². The number of unbranched alkanes of at least 4 members (excludes halogenated alkanes) is 3. The van der Waals surface area contributed by atoms with Gasteiger partial charge in [0.15, 0.2) is 0 Å². The highest BCUT2D eigenvalue weighted by Gasteiger charge is 2.05. The summed E-state index contributed by atoms with van der Waals surface area (Å²) < 4.78 is 0. The fourth-order valence-corrected chi connectivity index (χ4v) is 1.64. The summed E-state index contributed by atoms with van der Waals surface area (Å²) in [4.78, 5) is 21.7. The molecule has 5 nitrogen and oxygen atoms in total. The lowest BCUT2D eigenvalue weighted by Gasteiger charge is -2.14. The molecule has 0 rings (SSSR count). The Labute approximate surface area is 109 Å². The van der Waals surface area contributed by atoms with E-state index in [4.69, 9.17) is 5.11 Å². The average Bonchev–Trinajstić information content (AvgIpc) is 2.30. The maximum absolute atomic E-state index is 11.4. The van der Waals surface area contributed by atoms with Crippen molar-refractivity contribution in [2.24, 2.45) is 0 Å². The molecule has 0 bridgehead atoms. The second-order valence-corrected chi connectivity index (χ2v) is 4.65. The molecular formula is C13H26N2O3. The van der Waals surface area contributed by atoms with Crippen molar-refractivity contribution in [3.05, 3.63) is 0 Å². The number of hydrogen-bond acceptors (Lipinski definition) is 2. The predicted octanol–water partition coefficient (Wildman–Crippen LogP) is 2.51. The van der Waals surface area contributed by atoms with E-state index in [0.29, 0.717) is 13.0 Å². The van der Waals surface area contributed by atoms with E-state index < -0.39 is 5.97 Å². The molecule has 0 heterocycles. The minimum absolute atomic E-state index is 0.128. The number of carbonyl (C=O) groups excluding carboxylic acids is 1. The number of urea groups is 1. The zero-order valence-corrected chi connectivity index (χ0v) is 11.5.